The zero-order chi connectivity index (χ0) is 13.7. The van der Waals surface area contributed by atoms with Gasteiger partial charge in [-0.1, -0.05) is 18.2 Å². The second-order valence-electron chi connectivity index (χ2n) is 4.19. The van der Waals surface area contributed by atoms with Crippen molar-refractivity contribution in [3.8, 4) is 0 Å². The predicted octanol–water partition coefficient (Wildman–Crippen LogP) is 0.385. The van der Waals surface area contributed by atoms with E-state index in [1.165, 1.54) is 0 Å². The first-order chi connectivity index (χ1) is 9.08. The lowest BCUT2D eigenvalue weighted by molar-refractivity contribution is 0.599. The molecule has 6 nitrogen and oxygen atoms in total. The van der Waals surface area contributed by atoms with Crippen LogP contribution in [0.4, 0.5) is 0 Å². The number of hydrogen-bond acceptors (Lipinski definition) is 6. The second-order valence-corrected chi connectivity index (χ2v) is 6.18. The number of nitrogens with one attached hydrogen (secondary N) is 2. The molecular formula is C12H16N4O2S. The lowest BCUT2D eigenvalue weighted by atomic mass is 10.4. The van der Waals surface area contributed by atoms with Crippen molar-refractivity contribution in [2.45, 2.75) is 11.8 Å². The molecule has 0 aromatic heterocycles. The smallest absolute Gasteiger partial charge is 0.212 e. The largest absolute Gasteiger partial charge is 0.353 e. The lowest BCUT2D eigenvalue weighted by Gasteiger charge is -2.05. The minimum absolute atomic E-state index is 0.114. The fourth-order valence-corrected chi connectivity index (χ4v) is 2.99. The van der Waals surface area contributed by atoms with Gasteiger partial charge in [-0.25, -0.2) is 18.8 Å². The van der Waals surface area contributed by atoms with Gasteiger partial charge in [0, 0.05) is 6.54 Å². The van der Waals surface area contributed by atoms with Crippen molar-refractivity contribution in [3.63, 3.8) is 0 Å². The summed E-state index contributed by atoms with van der Waals surface area (Å²) in [7, 11) is -3.34. The van der Waals surface area contributed by atoms with Crippen LogP contribution in [0.25, 0.3) is 0 Å². The Labute approximate surface area is 112 Å². The highest BCUT2D eigenvalue weighted by Gasteiger charge is 2.15. The SMILES string of the molecule is C/C(CS(=O)(=O)c1ccccc1)=N\NC1=NCCN1. The van der Waals surface area contributed by atoms with Crippen LogP contribution in [0.5, 0.6) is 0 Å². The Morgan fingerprint density at radius 1 is 1.42 bits per heavy atom. The molecule has 7 heteroatoms. The summed E-state index contributed by atoms with van der Waals surface area (Å²) in [5.74, 6) is 0.466. The van der Waals surface area contributed by atoms with Gasteiger partial charge < -0.3 is 5.32 Å². The number of rotatable bonds is 4. The summed E-state index contributed by atoms with van der Waals surface area (Å²) in [6, 6.07) is 8.35. The van der Waals surface area contributed by atoms with Crippen LogP contribution in [-0.2, 0) is 9.84 Å². The Morgan fingerprint density at radius 2 is 2.16 bits per heavy atom. The molecule has 0 fully saturated rings. The van der Waals surface area contributed by atoms with Gasteiger partial charge in [0.05, 0.1) is 22.9 Å². The molecule has 19 heavy (non-hydrogen) atoms. The molecule has 1 aliphatic heterocycles. The van der Waals surface area contributed by atoms with Crippen molar-refractivity contribution in [3.05, 3.63) is 30.3 Å². The summed E-state index contributed by atoms with van der Waals surface area (Å²) < 4.78 is 24.2. The third kappa shape index (κ3) is 3.78. The molecule has 2 N–H and O–H groups in total. The number of aliphatic imine (C=N–C) groups is 1. The average molecular weight is 280 g/mol. The molecule has 0 spiro atoms. The Morgan fingerprint density at radius 3 is 2.79 bits per heavy atom. The third-order valence-electron chi connectivity index (χ3n) is 2.53. The molecule has 0 aliphatic carbocycles. The lowest BCUT2D eigenvalue weighted by Crippen LogP contribution is -2.31. The maximum atomic E-state index is 12.1. The Balaban J connectivity index is 2.01. The van der Waals surface area contributed by atoms with Gasteiger partial charge in [0.1, 0.15) is 0 Å². The number of hydrogen-bond donors (Lipinski definition) is 2. The summed E-state index contributed by atoms with van der Waals surface area (Å²) in [4.78, 5) is 4.41. The van der Waals surface area contributed by atoms with Crippen LogP contribution < -0.4 is 10.7 Å². The maximum absolute atomic E-state index is 12.1. The number of sulfone groups is 1. The predicted molar refractivity (Wildman–Crippen MR) is 75.0 cm³/mol. The topological polar surface area (TPSA) is 82.9 Å². The zero-order valence-electron chi connectivity index (χ0n) is 10.6. The monoisotopic (exact) mass is 280 g/mol. The van der Waals surface area contributed by atoms with Gasteiger partial charge in [0.15, 0.2) is 9.84 Å². The van der Waals surface area contributed by atoms with Gasteiger partial charge in [-0.3, -0.25) is 0 Å². The van der Waals surface area contributed by atoms with E-state index in [4.69, 9.17) is 0 Å². The summed E-state index contributed by atoms with van der Waals surface area (Å²) in [6.07, 6.45) is 0. The van der Waals surface area contributed by atoms with Gasteiger partial charge >= 0.3 is 0 Å². The van der Waals surface area contributed by atoms with E-state index >= 15 is 0 Å². The van der Waals surface area contributed by atoms with Crippen LogP contribution in [0.15, 0.2) is 45.3 Å². The summed E-state index contributed by atoms with van der Waals surface area (Å²) >= 11 is 0. The molecule has 0 unspecified atom stereocenters. The fraction of sp³-hybridized carbons (Fsp3) is 0.333. The molecule has 1 aliphatic rings. The molecule has 1 heterocycles. The maximum Gasteiger partial charge on any atom is 0.212 e. The van der Waals surface area contributed by atoms with Gasteiger partial charge in [-0.2, -0.15) is 5.10 Å². The normalized spacial score (nSPS) is 15.8. The van der Waals surface area contributed by atoms with Gasteiger partial charge in [0.2, 0.25) is 5.96 Å². The first-order valence-electron chi connectivity index (χ1n) is 5.93. The van der Waals surface area contributed by atoms with Crippen LogP contribution in [0.1, 0.15) is 6.92 Å². The minimum Gasteiger partial charge on any atom is -0.353 e. The van der Waals surface area contributed by atoms with Crippen molar-refractivity contribution in [2.75, 3.05) is 18.8 Å². The first kappa shape index (κ1) is 13.5. The van der Waals surface area contributed by atoms with Crippen molar-refractivity contribution in [1.29, 1.82) is 0 Å². The van der Waals surface area contributed by atoms with Crippen molar-refractivity contribution in [1.82, 2.24) is 10.7 Å². The molecule has 0 atom stereocenters. The van der Waals surface area contributed by atoms with E-state index in [0.717, 1.165) is 6.54 Å². The molecule has 0 radical (unpaired) electrons. The van der Waals surface area contributed by atoms with Gasteiger partial charge in [0.25, 0.3) is 0 Å². The molecule has 2 rings (SSSR count). The van der Waals surface area contributed by atoms with Crippen molar-refractivity contribution >= 4 is 21.5 Å². The van der Waals surface area contributed by atoms with E-state index < -0.39 is 9.84 Å². The highest BCUT2D eigenvalue weighted by atomic mass is 32.2. The molecule has 1 aromatic rings. The molecule has 1 aromatic carbocycles. The van der Waals surface area contributed by atoms with E-state index in [9.17, 15) is 8.42 Å². The van der Waals surface area contributed by atoms with Crippen LogP contribution >= 0.6 is 0 Å². The number of guanidine groups is 1. The second kappa shape index (κ2) is 5.83. The number of hydrazone groups is 1. The van der Waals surface area contributed by atoms with E-state index in [2.05, 4.69) is 20.8 Å². The highest BCUT2D eigenvalue weighted by Crippen LogP contribution is 2.10. The quantitative estimate of drug-likeness (QED) is 0.617. The minimum atomic E-state index is -3.34. The van der Waals surface area contributed by atoms with Crippen LogP contribution in [0.3, 0.4) is 0 Å². The number of benzene rings is 1. The van der Waals surface area contributed by atoms with Crippen LogP contribution in [0.2, 0.25) is 0 Å². The summed E-state index contributed by atoms with van der Waals surface area (Å²) in [5, 5.41) is 7.00. The fourth-order valence-electron chi connectivity index (χ4n) is 1.64. The summed E-state index contributed by atoms with van der Waals surface area (Å²) in [6.45, 7) is 3.15. The Hall–Kier alpha value is -1.89. The van der Waals surface area contributed by atoms with Crippen LogP contribution in [0, 0.1) is 0 Å². The van der Waals surface area contributed by atoms with Crippen molar-refractivity contribution in [2.24, 2.45) is 10.1 Å². The summed E-state index contributed by atoms with van der Waals surface area (Å²) in [5.41, 5.74) is 3.20. The van der Waals surface area contributed by atoms with E-state index in [1.807, 2.05) is 0 Å². The highest BCUT2D eigenvalue weighted by molar-refractivity contribution is 7.92. The molecular weight excluding hydrogens is 264 g/mol. The standard InChI is InChI=1S/C12H16N4O2S/c1-10(15-16-12-13-7-8-14-12)9-19(17,18)11-5-3-2-4-6-11/h2-6H,7-9H2,1H3,(H2,13,14,16)/b15-10+. The molecule has 0 saturated carbocycles. The zero-order valence-corrected chi connectivity index (χ0v) is 11.4. The molecule has 0 amide bonds. The van der Waals surface area contributed by atoms with E-state index in [-0.39, 0.29) is 5.75 Å². The van der Waals surface area contributed by atoms with Gasteiger partial charge in [-0.05, 0) is 19.1 Å². The molecule has 0 saturated heterocycles. The Kier molecular flexibility index (Phi) is 4.16. The molecule has 0 bridgehead atoms. The van der Waals surface area contributed by atoms with Crippen LogP contribution in [-0.4, -0.2) is 38.9 Å². The Bertz CT molecular complexity index is 593. The van der Waals surface area contributed by atoms with E-state index in [0.29, 0.717) is 23.1 Å². The number of nitrogens with zero attached hydrogens (tertiary/aromatic N) is 2. The van der Waals surface area contributed by atoms with Crippen molar-refractivity contribution < 1.29 is 8.42 Å². The first-order valence-corrected chi connectivity index (χ1v) is 7.58. The molecule has 102 valence electrons. The van der Waals surface area contributed by atoms with Gasteiger partial charge in [-0.15, -0.1) is 0 Å². The third-order valence-corrected chi connectivity index (χ3v) is 4.32. The average Bonchev–Trinajstić information content (AvgIpc) is 2.90. The van der Waals surface area contributed by atoms with E-state index in [1.54, 1.807) is 37.3 Å².